The molecule has 0 saturated carbocycles. The molecule has 1 aliphatic carbocycles. The number of ether oxygens (including phenoxy) is 2. The van der Waals surface area contributed by atoms with Crippen molar-refractivity contribution in [1.29, 1.82) is 0 Å². The third kappa shape index (κ3) is 1.24. The van der Waals surface area contributed by atoms with E-state index in [2.05, 4.69) is 17.2 Å². The quantitative estimate of drug-likeness (QED) is 0.614. The molecule has 1 aromatic heterocycles. The Morgan fingerprint density at radius 3 is 3.07 bits per heavy atom. The number of nitrogens with zero attached hydrogens (tertiary/aromatic N) is 1. The minimum absolute atomic E-state index is 0.337. The summed E-state index contributed by atoms with van der Waals surface area (Å²) in [6, 6.07) is 3.92. The molecule has 3 nitrogen and oxygen atoms in total. The molecule has 1 aromatic rings. The molecule has 1 fully saturated rings. The Balaban J connectivity index is 1.92. The molecule has 0 unspecified atom stereocenters. The fourth-order valence-electron chi connectivity index (χ4n) is 2.23. The van der Waals surface area contributed by atoms with Crippen LogP contribution in [0.1, 0.15) is 17.7 Å². The molecular weight excluding hydrogens is 178 g/mol. The lowest BCUT2D eigenvalue weighted by atomic mass is 9.91. The molecule has 2 aliphatic rings. The first-order valence-electron chi connectivity index (χ1n) is 5.01. The molecule has 1 aliphatic heterocycles. The number of aryl methyl sites for hydroxylation is 1. The predicted octanol–water partition coefficient (Wildman–Crippen LogP) is 1.11. The van der Waals surface area contributed by atoms with E-state index >= 15 is 0 Å². The molecule has 1 spiro atoms. The Hall–Kier alpha value is -0.930. The van der Waals surface area contributed by atoms with E-state index < -0.39 is 0 Å². The average molecular weight is 190 g/mol. The van der Waals surface area contributed by atoms with Crippen LogP contribution in [0.25, 0.3) is 0 Å². The van der Waals surface area contributed by atoms with Crippen molar-refractivity contribution in [2.45, 2.75) is 25.0 Å². The zero-order chi connectivity index (χ0) is 9.43. The second kappa shape index (κ2) is 3.04. The van der Waals surface area contributed by atoms with Crippen molar-refractivity contribution < 1.29 is 9.47 Å². The van der Waals surface area contributed by atoms with Gasteiger partial charge in [-0.3, -0.25) is 4.98 Å². The lowest BCUT2D eigenvalue weighted by molar-refractivity contribution is -0.164. The Kier molecular flexibility index (Phi) is 1.82. The van der Waals surface area contributed by atoms with Gasteiger partial charge in [0.15, 0.2) is 5.79 Å². The SMILES string of the molecule is [c]1ccc2c(n1)CCC1(C2)OCCO1. The summed E-state index contributed by atoms with van der Waals surface area (Å²) in [5.41, 5.74) is 2.40. The molecular formula is C11H12NO2. The number of pyridine rings is 1. The van der Waals surface area contributed by atoms with E-state index in [0.29, 0.717) is 0 Å². The van der Waals surface area contributed by atoms with Crippen molar-refractivity contribution in [2.24, 2.45) is 0 Å². The number of aromatic nitrogens is 1. The number of hydrogen-bond acceptors (Lipinski definition) is 3. The van der Waals surface area contributed by atoms with E-state index in [1.165, 1.54) is 5.56 Å². The second-order valence-corrected chi connectivity index (χ2v) is 3.83. The van der Waals surface area contributed by atoms with Gasteiger partial charge in [-0.05, 0) is 18.1 Å². The van der Waals surface area contributed by atoms with Crippen LogP contribution >= 0.6 is 0 Å². The van der Waals surface area contributed by atoms with Gasteiger partial charge in [-0.15, -0.1) is 0 Å². The zero-order valence-corrected chi connectivity index (χ0v) is 7.95. The van der Waals surface area contributed by atoms with E-state index in [1.807, 2.05) is 6.07 Å². The molecule has 1 radical (unpaired) electrons. The van der Waals surface area contributed by atoms with Gasteiger partial charge in [0.05, 0.1) is 19.4 Å². The van der Waals surface area contributed by atoms with Crippen molar-refractivity contribution in [1.82, 2.24) is 4.98 Å². The summed E-state index contributed by atoms with van der Waals surface area (Å²) in [7, 11) is 0. The van der Waals surface area contributed by atoms with Crippen LogP contribution in [0.4, 0.5) is 0 Å². The lowest BCUT2D eigenvalue weighted by Gasteiger charge is -2.31. The van der Waals surface area contributed by atoms with Crippen LogP contribution in [0.2, 0.25) is 0 Å². The summed E-state index contributed by atoms with van der Waals surface area (Å²) < 4.78 is 11.4. The van der Waals surface area contributed by atoms with E-state index in [9.17, 15) is 0 Å². The van der Waals surface area contributed by atoms with E-state index in [0.717, 1.165) is 38.2 Å². The zero-order valence-electron chi connectivity index (χ0n) is 7.95. The van der Waals surface area contributed by atoms with Crippen LogP contribution in [0.15, 0.2) is 12.1 Å². The normalized spacial score (nSPS) is 23.7. The molecule has 0 bridgehead atoms. The Morgan fingerprint density at radius 1 is 1.36 bits per heavy atom. The molecule has 2 heterocycles. The van der Waals surface area contributed by atoms with Crippen molar-refractivity contribution >= 4 is 0 Å². The van der Waals surface area contributed by atoms with E-state index in [-0.39, 0.29) is 5.79 Å². The second-order valence-electron chi connectivity index (χ2n) is 3.83. The predicted molar refractivity (Wildman–Crippen MR) is 49.7 cm³/mol. The summed E-state index contributed by atoms with van der Waals surface area (Å²) in [5.74, 6) is -0.337. The maximum absolute atomic E-state index is 5.68. The van der Waals surface area contributed by atoms with Gasteiger partial charge in [-0.25, -0.2) is 0 Å². The standard InChI is InChI=1S/C11H12NO2/c1-2-9-8-11(13-6-7-14-11)4-3-10(9)12-5-1/h1-2H,3-4,6-8H2. The van der Waals surface area contributed by atoms with Gasteiger partial charge < -0.3 is 9.47 Å². The lowest BCUT2D eigenvalue weighted by Crippen LogP contribution is -2.37. The van der Waals surface area contributed by atoms with Gasteiger partial charge in [-0.2, -0.15) is 0 Å². The molecule has 0 atom stereocenters. The summed E-state index contributed by atoms with van der Waals surface area (Å²) in [6.07, 6.45) is 5.56. The Morgan fingerprint density at radius 2 is 2.21 bits per heavy atom. The van der Waals surface area contributed by atoms with E-state index in [4.69, 9.17) is 9.47 Å². The Bertz CT molecular complexity index is 345. The smallest absolute Gasteiger partial charge is 0.172 e. The monoisotopic (exact) mass is 190 g/mol. The van der Waals surface area contributed by atoms with Crippen LogP contribution in [0.5, 0.6) is 0 Å². The molecule has 0 aromatic carbocycles. The number of rotatable bonds is 0. The highest BCUT2D eigenvalue weighted by Crippen LogP contribution is 2.34. The fraction of sp³-hybridized carbons (Fsp3) is 0.545. The molecule has 1 saturated heterocycles. The molecule has 3 rings (SSSR count). The molecule has 0 N–H and O–H groups in total. The molecule has 3 heteroatoms. The van der Waals surface area contributed by atoms with Crippen LogP contribution in [-0.2, 0) is 22.3 Å². The average Bonchev–Trinajstić information content (AvgIpc) is 2.66. The largest absolute Gasteiger partial charge is 0.347 e. The minimum atomic E-state index is -0.337. The highest BCUT2D eigenvalue weighted by molar-refractivity contribution is 5.24. The topological polar surface area (TPSA) is 31.4 Å². The van der Waals surface area contributed by atoms with E-state index in [1.54, 1.807) is 0 Å². The van der Waals surface area contributed by atoms with Crippen molar-refractivity contribution in [3.8, 4) is 0 Å². The summed E-state index contributed by atoms with van der Waals surface area (Å²) in [4.78, 5) is 4.24. The van der Waals surface area contributed by atoms with Crippen LogP contribution in [0.3, 0.4) is 0 Å². The summed E-state index contributed by atoms with van der Waals surface area (Å²) in [5, 5.41) is 0. The molecule has 73 valence electrons. The first-order chi connectivity index (χ1) is 6.88. The maximum Gasteiger partial charge on any atom is 0.172 e. The highest BCUT2D eigenvalue weighted by Gasteiger charge is 2.39. The molecule has 0 amide bonds. The third-order valence-corrected chi connectivity index (χ3v) is 2.95. The first-order valence-corrected chi connectivity index (χ1v) is 5.01. The van der Waals surface area contributed by atoms with Gasteiger partial charge in [0.25, 0.3) is 0 Å². The van der Waals surface area contributed by atoms with Crippen molar-refractivity contribution in [2.75, 3.05) is 13.2 Å². The van der Waals surface area contributed by atoms with Gasteiger partial charge >= 0.3 is 0 Å². The summed E-state index contributed by atoms with van der Waals surface area (Å²) >= 11 is 0. The third-order valence-electron chi connectivity index (χ3n) is 2.95. The first kappa shape index (κ1) is 8.38. The van der Waals surface area contributed by atoms with Crippen molar-refractivity contribution in [3.63, 3.8) is 0 Å². The number of fused-ring (bicyclic) bond motifs is 1. The maximum atomic E-state index is 5.68. The Labute approximate surface area is 83.1 Å². The fourth-order valence-corrected chi connectivity index (χ4v) is 2.23. The molecule has 14 heavy (non-hydrogen) atoms. The van der Waals surface area contributed by atoms with Crippen LogP contribution < -0.4 is 0 Å². The highest BCUT2D eigenvalue weighted by atomic mass is 16.7. The van der Waals surface area contributed by atoms with Gasteiger partial charge in [0.1, 0.15) is 0 Å². The van der Waals surface area contributed by atoms with Gasteiger partial charge in [0, 0.05) is 18.5 Å². The van der Waals surface area contributed by atoms with Gasteiger partial charge in [0.2, 0.25) is 0 Å². The van der Waals surface area contributed by atoms with Crippen LogP contribution in [0, 0.1) is 6.20 Å². The minimum Gasteiger partial charge on any atom is -0.347 e. The summed E-state index contributed by atoms with van der Waals surface area (Å²) in [6.45, 7) is 1.45. The van der Waals surface area contributed by atoms with Crippen LogP contribution in [-0.4, -0.2) is 24.0 Å². The van der Waals surface area contributed by atoms with Crippen molar-refractivity contribution in [3.05, 3.63) is 29.6 Å². The van der Waals surface area contributed by atoms with Gasteiger partial charge in [-0.1, -0.05) is 6.07 Å². The number of hydrogen-bond donors (Lipinski definition) is 0.